The Kier molecular flexibility index (Phi) is 5.99. The standard InChI is InChI=1S/C17H20F3N3O2S2/c1-9-16(27-15(6-24)21-9)12-7-26-14(22-12)5-13(25)10-3-11(4-10)23(2)8-17(18,19)20/h7,10-11,24H,3-6,8H2,1-2H3. The van der Waals surface area contributed by atoms with E-state index in [2.05, 4.69) is 9.97 Å². The molecule has 0 radical (unpaired) electrons. The number of aryl methyl sites for hydroxylation is 1. The number of carbonyl (C=O) groups excluding carboxylic acids is 1. The fraction of sp³-hybridized carbons (Fsp3) is 0.588. The van der Waals surface area contributed by atoms with Gasteiger partial charge in [-0.2, -0.15) is 13.2 Å². The molecule has 0 amide bonds. The zero-order valence-electron chi connectivity index (χ0n) is 14.9. The first kappa shape index (κ1) is 20.4. The molecule has 1 fully saturated rings. The second-order valence-electron chi connectivity index (χ2n) is 6.80. The van der Waals surface area contributed by atoms with E-state index in [1.165, 1.54) is 34.6 Å². The summed E-state index contributed by atoms with van der Waals surface area (Å²) in [5.41, 5.74) is 1.54. The number of aliphatic hydroxyl groups is 1. The SMILES string of the molecule is Cc1nc(CO)sc1-c1csc(CC(=O)C2CC(N(C)CC(F)(F)F)C2)n1. The smallest absolute Gasteiger partial charge is 0.389 e. The fourth-order valence-electron chi connectivity index (χ4n) is 3.17. The van der Waals surface area contributed by atoms with E-state index in [1.54, 1.807) is 0 Å². The summed E-state index contributed by atoms with van der Waals surface area (Å²) < 4.78 is 37.3. The molecule has 1 aliphatic carbocycles. The van der Waals surface area contributed by atoms with Gasteiger partial charge in [0.05, 0.1) is 35.8 Å². The first-order valence-electron chi connectivity index (χ1n) is 8.48. The number of nitrogens with zero attached hydrogens (tertiary/aromatic N) is 3. The molecule has 2 aromatic rings. The van der Waals surface area contributed by atoms with Gasteiger partial charge < -0.3 is 5.11 Å². The average molecular weight is 419 g/mol. The van der Waals surface area contributed by atoms with Crippen molar-refractivity contribution in [1.82, 2.24) is 14.9 Å². The van der Waals surface area contributed by atoms with Gasteiger partial charge in [0.2, 0.25) is 0 Å². The van der Waals surface area contributed by atoms with Gasteiger partial charge in [-0.15, -0.1) is 22.7 Å². The zero-order chi connectivity index (χ0) is 19.8. The van der Waals surface area contributed by atoms with Gasteiger partial charge >= 0.3 is 6.18 Å². The van der Waals surface area contributed by atoms with Gasteiger partial charge in [-0.1, -0.05) is 0 Å². The van der Waals surface area contributed by atoms with E-state index in [9.17, 15) is 23.1 Å². The Morgan fingerprint density at radius 3 is 2.63 bits per heavy atom. The second-order valence-corrected chi connectivity index (χ2v) is 8.83. The number of rotatable bonds is 7. The normalized spacial score (nSPS) is 20.1. The van der Waals surface area contributed by atoms with Crippen LogP contribution in [0.15, 0.2) is 5.38 Å². The molecule has 0 bridgehead atoms. The number of thiazole rings is 2. The van der Waals surface area contributed by atoms with E-state index < -0.39 is 12.7 Å². The minimum absolute atomic E-state index is 0.0321. The van der Waals surface area contributed by atoms with Crippen LogP contribution in [0, 0.1) is 12.8 Å². The Morgan fingerprint density at radius 2 is 2.04 bits per heavy atom. The number of hydrogen-bond donors (Lipinski definition) is 1. The number of Topliss-reactive ketones (excluding diaryl/α,β-unsaturated/α-hetero) is 1. The summed E-state index contributed by atoms with van der Waals surface area (Å²) in [7, 11) is 1.45. The molecule has 0 spiro atoms. The van der Waals surface area contributed by atoms with Crippen molar-refractivity contribution in [1.29, 1.82) is 0 Å². The largest absolute Gasteiger partial charge is 0.401 e. The van der Waals surface area contributed by atoms with Gasteiger partial charge in [-0.05, 0) is 26.8 Å². The number of hydrogen-bond acceptors (Lipinski definition) is 7. The quantitative estimate of drug-likeness (QED) is 0.745. The molecule has 1 N–H and O–H groups in total. The van der Waals surface area contributed by atoms with Crippen molar-refractivity contribution in [2.45, 2.75) is 45.0 Å². The first-order valence-corrected chi connectivity index (χ1v) is 10.2. The van der Waals surface area contributed by atoms with Crippen molar-refractivity contribution in [3.63, 3.8) is 0 Å². The maximum absolute atomic E-state index is 12.4. The molecule has 0 aliphatic heterocycles. The Labute approximate surface area is 162 Å². The van der Waals surface area contributed by atoms with Gasteiger partial charge in [0.15, 0.2) is 0 Å². The van der Waals surface area contributed by atoms with Crippen LogP contribution < -0.4 is 0 Å². The van der Waals surface area contributed by atoms with Crippen LogP contribution in [-0.4, -0.2) is 51.6 Å². The Morgan fingerprint density at radius 1 is 1.33 bits per heavy atom. The van der Waals surface area contributed by atoms with Crippen molar-refractivity contribution in [2.24, 2.45) is 5.92 Å². The lowest BCUT2D eigenvalue weighted by molar-refractivity contribution is -0.153. The lowest BCUT2D eigenvalue weighted by Gasteiger charge is -2.40. The molecule has 0 unspecified atom stereocenters. The van der Waals surface area contributed by atoms with Gasteiger partial charge in [0.1, 0.15) is 15.8 Å². The number of carbonyl (C=O) groups is 1. The third kappa shape index (κ3) is 4.92. The van der Waals surface area contributed by atoms with Crippen LogP contribution in [0.25, 0.3) is 10.6 Å². The van der Waals surface area contributed by atoms with Crippen LogP contribution in [0.4, 0.5) is 13.2 Å². The van der Waals surface area contributed by atoms with Crippen molar-refractivity contribution >= 4 is 28.5 Å². The summed E-state index contributed by atoms with van der Waals surface area (Å²) in [6, 6.07) is -0.191. The molecule has 2 heterocycles. The molecule has 5 nitrogen and oxygen atoms in total. The highest BCUT2D eigenvalue weighted by atomic mass is 32.1. The first-order chi connectivity index (χ1) is 12.7. The number of aliphatic hydroxyl groups excluding tert-OH is 1. The molecule has 148 valence electrons. The highest BCUT2D eigenvalue weighted by molar-refractivity contribution is 7.16. The molecule has 2 aromatic heterocycles. The third-order valence-corrected chi connectivity index (χ3v) is 6.72. The topological polar surface area (TPSA) is 66.3 Å². The minimum atomic E-state index is -4.22. The van der Waals surface area contributed by atoms with Gasteiger partial charge in [-0.25, -0.2) is 9.97 Å². The van der Waals surface area contributed by atoms with E-state index in [4.69, 9.17) is 0 Å². The van der Waals surface area contributed by atoms with Crippen LogP contribution in [0.2, 0.25) is 0 Å². The van der Waals surface area contributed by atoms with E-state index >= 15 is 0 Å². The highest BCUT2D eigenvalue weighted by Crippen LogP contribution is 2.35. The number of halogens is 3. The third-order valence-electron chi connectivity index (χ3n) is 4.71. The summed E-state index contributed by atoms with van der Waals surface area (Å²) in [6.07, 6.45) is -3.07. The highest BCUT2D eigenvalue weighted by Gasteiger charge is 2.40. The second kappa shape index (κ2) is 7.94. The molecular weight excluding hydrogens is 399 g/mol. The van der Waals surface area contributed by atoms with Gasteiger partial charge in [0, 0.05) is 17.3 Å². The lowest BCUT2D eigenvalue weighted by Crippen LogP contribution is -2.48. The average Bonchev–Trinajstić information content (AvgIpc) is 3.09. The van der Waals surface area contributed by atoms with E-state index in [1.807, 2.05) is 12.3 Å². The maximum atomic E-state index is 12.4. The number of alkyl halides is 3. The fourth-order valence-corrected chi connectivity index (χ4v) is 4.92. The Balaban J connectivity index is 1.54. The molecule has 27 heavy (non-hydrogen) atoms. The molecule has 1 aliphatic rings. The predicted molar refractivity (Wildman–Crippen MR) is 97.8 cm³/mol. The molecule has 3 rings (SSSR count). The Bertz CT molecular complexity index is 813. The molecule has 0 aromatic carbocycles. The predicted octanol–water partition coefficient (Wildman–Crippen LogP) is 3.45. The zero-order valence-corrected chi connectivity index (χ0v) is 16.5. The van der Waals surface area contributed by atoms with Crippen LogP contribution in [-0.2, 0) is 17.8 Å². The summed E-state index contributed by atoms with van der Waals surface area (Å²) in [6.45, 7) is 0.784. The summed E-state index contributed by atoms with van der Waals surface area (Å²) in [5.74, 6) is -0.159. The van der Waals surface area contributed by atoms with E-state index in [0.29, 0.717) is 22.9 Å². The molecular formula is C17H20F3N3O2S2. The van der Waals surface area contributed by atoms with E-state index in [0.717, 1.165) is 16.3 Å². The molecule has 0 atom stereocenters. The number of ketones is 1. The number of aromatic nitrogens is 2. The van der Waals surface area contributed by atoms with E-state index in [-0.39, 0.29) is 30.8 Å². The van der Waals surface area contributed by atoms with Crippen molar-refractivity contribution < 1.29 is 23.1 Å². The van der Waals surface area contributed by atoms with Crippen LogP contribution in [0.3, 0.4) is 0 Å². The van der Waals surface area contributed by atoms with Crippen LogP contribution in [0.5, 0.6) is 0 Å². The summed E-state index contributed by atoms with van der Waals surface area (Å²) >= 11 is 2.77. The monoisotopic (exact) mass is 419 g/mol. The molecule has 1 saturated carbocycles. The maximum Gasteiger partial charge on any atom is 0.401 e. The molecule has 0 saturated heterocycles. The van der Waals surface area contributed by atoms with Crippen LogP contribution in [0.1, 0.15) is 28.6 Å². The van der Waals surface area contributed by atoms with Gasteiger partial charge in [-0.3, -0.25) is 9.69 Å². The van der Waals surface area contributed by atoms with Crippen molar-refractivity contribution in [3.05, 3.63) is 21.1 Å². The van der Waals surface area contributed by atoms with Crippen molar-refractivity contribution in [2.75, 3.05) is 13.6 Å². The summed E-state index contributed by atoms with van der Waals surface area (Å²) in [4.78, 5) is 23.3. The Hall–Kier alpha value is -1.36. The lowest BCUT2D eigenvalue weighted by atomic mass is 9.76. The minimum Gasteiger partial charge on any atom is -0.389 e. The van der Waals surface area contributed by atoms with Crippen LogP contribution >= 0.6 is 22.7 Å². The molecule has 10 heteroatoms. The summed E-state index contributed by atoms with van der Waals surface area (Å²) in [5, 5.41) is 12.4. The van der Waals surface area contributed by atoms with Crippen molar-refractivity contribution in [3.8, 4) is 10.6 Å². The van der Waals surface area contributed by atoms with Gasteiger partial charge in [0.25, 0.3) is 0 Å².